The van der Waals surface area contributed by atoms with E-state index in [1.807, 2.05) is 24.3 Å². The van der Waals surface area contributed by atoms with Gasteiger partial charge in [0.15, 0.2) is 0 Å². The first-order valence-corrected chi connectivity index (χ1v) is 4.18. The average molecular weight is 209 g/mol. The predicted molar refractivity (Wildman–Crippen MR) is 49.9 cm³/mol. The summed E-state index contributed by atoms with van der Waals surface area (Å²) in [5.74, 6) is 0. The Morgan fingerprint density at radius 2 is 1.75 bits per heavy atom. The van der Waals surface area contributed by atoms with Gasteiger partial charge in [0.1, 0.15) is 5.66 Å². The normalized spacial score (nSPS) is 19.8. The van der Waals surface area contributed by atoms with Crippen molar-refractivity contribution in [1.29, 1.82) is 0 Å². The molecule has 6 heteroatoms. The highest BCUT2D eigenvalue weighted by Crippen LogP contribution is 2.12. The number of allylic oxidation sites excluding steroid dienone is 2. The van der Waals surface area contributed by atoms with E-state index in [9.17, 15) is 0 Å². The topological polar surface area (TPSA) is 48.1 Å². The molecule has 0 saturated carbocycles. The third-order valence-electron chi connectivity index (χ3n) is 1.61. The third-order valence-corrected chi connectivity index (χ3v) is 1.80. The Hall–Kier alpha value is -0.100. The molecule has 0 atom stereocenters. The van der Waals surface area contributed by atoms with Gasteiger partial charge in [0, 0.05) is 6.42 Å². The van der Waals surface area contributed by atoms with Crippen LogP contribution in [0.3, 0.4) is 0 Å². The van der Waals surface area contributed by atoms with Gasteiger partial charge in [0.2, 0.25) is 0 Å². The summed E-state index contributed by atoms with van der Waals surface area (Å²) in [6.45, 7) is 0. The van der Waals surface area contributed by atoms with Crippen LogP contribution in [0, 0.1) is 0 Å². The number of halogens is 2. The molecule has 0 unspecified atom stereocenters. The Bertz CT molecular complexity index is 186. The second-order valence-corrected chi connectivity index (χ2v) is 2.78. The van der Waals surface area contributed by atoms with Crippen molar-refractivity contribution in [1.82, 2.24) is 20.7 Å². The lowest BCUT2D eigenvalue weighted by Gasteiger charge is -2.31. The molecule has 0 amide bonds. The van der Waals surface area contributed by atoms with E-state index in [1.165, 1.54) is 0 Å². The number of hydrazine groups is 2. The molecule has 0 radical (unpaired) electrons. The SMILES string of the molecule is ClNNC1(NNCl)C=CC=CC1. The Morgan fingerprint density at radius 1 is 1.08 bits per heavy atom. The van der Waals surface area contributed by atoms with E-state index in [0.717, 1.165) is 6.42 Å². The van der Waals surface area contributed by atoms with Gasteiger partial charge in [0.05, 0.1) is 0 Å². The zero-order chi connectivity index (χ0) is 8.86. The van der Waals surface area contributed by atoms with E-state index in [2.05, 4.69) is 20.7 Å². The van der Waals surface area contributed by atoms with Crippen LogP contribution < -0.4 is 20.7 Å². The van der Waals surface area contributed by atoms with Crippen LogP contribution in [-0.2, 0) is 0 Å². The van der Waals surface area contributed by atoms with Gasteiger partial charge >= 0.3 is 0 Å². The molecule has 12 heavy (non-hydrogen) atoms. The van der Waals surface area contributed by atoms with Crippen molar-refractivity contribution >= 4 is 23.6 Å². The maximum Gasteiger partial charge on any atom is 0.119 e. The fourth-order valence-electron chi connectivity index (χ4n) is 1.01. The number of hydrogen-bond acceptors (Lipinski definition) is 4. The standard InChI is InChI=1S/C6H10Cl2N4/c7-11-9-6(10-12-8)4-2-1-3-5-6/h1-4,9-12H,5H2. The van der Waals surface area contributed by atoms with Crippen LogP contribution >= 0.6 is 23.6 Å². The van der Waals surface area contributed by atoms with Gasteiger partial charge in [-0.15, -0.1) is 0 Å². The molecule has 1 aliphatic carbocycles. The predicted octanol–water partition coefficient (Wildman–Crippen LogP) is 0.695. The van der Waals surface area contributed by atoms with Crippen LogP contribution in [0.15, 0.2) is 24.3 Å². The third kappa shape index (κ3) is 2.45. The highest BCUT2D eigenvalue weighted by Gasteiger charge is 2.25. The summed E-state index contributed by atoms with van der Waals surface area (Å²) in [4.78, 5) is 4.68. The maximum atomic E-state index is 5.33. The fraction of sp³-hybridized carbons (Fsp3) is 0.333. The van der Waals surface area contributed by atoms with E-state index >= 15 is 0 Å². The van der Waals surface area contributed by atoms with E-state index in [1.54, 1.807) is 0 Å². The largest absolute Gasteiger partial charge is 0.219 e. The van der Waals surface area contributed by atoms with Gasteiger partial charge in [-0.3, -0.25) is 0 Å². The van der Waals surface area contributed by atoms with Crippen LogP contribution in [-0.4, -0.2) is 5.66 Å². The summed E-state index contributed by atoms with van der Waals surface area (Å²) >= 11 is 10.7. The van der Waals surface area contributed by atoms with Crippen molar-refractivity contribution in [3.8, 4) is 0 Å². The number of rotatable bonds is 4. The molecule has 0 fully saturated rings. The highest BCUT2D eigenvalue weighted by atomic mass is 35.5. The summed E-state index contributed by atoms with van der Waals surface area (Å²) in [5, 5.41) is 0. The van der Waals surface area contributed by atoms with Gasteiger partial charge in [0.25, 0.3) is 0 Å². The minimum absolute atomic E-state index is 0.474. The first-order valence-electron chi connectivity index (χ1n) is 3.43. The Morgan fingerprint density at radius 3 is 2.17 bits per heavy atom. The van der Waals surface area contributed by atoms with Crippen LogP contribution in [0.4, 0.5) is 0 Å². The molecule has 1 rings (SSSR count). The molecule has 1 aliphatic rings. The van der Waals surface area contributed by atoms with Crippen molar-refractivity contribution in [2.45, 2.75) is 12.1 Å². The zero-order valence-electron chi connectivity index (χ0n) is 6.27. The van der Waals surface area contributed by atoms with Crippen molar-refractivity contribution in [2.75, 3.05) is 0 Å². The first kappa shape index (κ1) is 9.98. The molecule has 0 spiro atoms. The molecule has 0 aromatic carbocycles. The molecule has 4 N–H and O–H groups in total. The summed E-state index contributed by atoms with van der Waals surface area (Å²) in [7, 11) is 0. The molecule has 0 bridgehead atoms. The summed E-state index contributed by atoms with van der Waals surface area (Å²) in [6.07, 6.45) is 8.47. The number of hydrogen-bond donors (Lipinski definition) is 4. The van der Waals surface area contributed by atoms with Gasteiger partial charge in [-0.1, -0.05) is 18.2 Å². The van der Waals surface area contributed by atoms with Gasteiger partial charge in [-0.2, -0.15) is 9.89 Å². The van der Waals surface area contributed by atoms with Gasteiger partial charge in [-0.25, -0.2) is 10.9 Å². The quantitative estimate of drug-likeness (QED) is 0.312. The summed E-state index contributed by atoms with van der Waals surface area (Å²) in [6, 6.07) is 0. The van der Waals surface area contributed by atoms with Gasteiger partial charge < -0.3 is 0 Å². The Kier molecular flexibility index (Phi) is 4.00. The van der Waals surface area contributed by atoms with Crippen LogP contribution in [0.1, 0.15) is 6.42 Å². The Labute approximate surface area is 81.1 Å². The second-order valence-electron chi connectivity index (χ2n) is 2.40. The van der Waals surface area contributed by atoms with Crippen molar-refractivity contribution in [2.24, 2.45) is 0 Å². The average Bonchev–Trinajstić information content (AvgIpc) is 2.07. The summed E-state index contributed by atoms with van der Waals surface area (Å²) in [5.41, 5.74) is 5.16. The molecule has 0 saturated heterocycles. The smallest absolute Gasteiger partial charge is 0.119 e. The van der Waals surface area contributed by atoms with Crippen molar-refractivity contribution < 1.29 is 0 Å². The van der Waals surface area contributed by atoms with Crippen LogP contribution in [0.2, 0.25) is 0 Å². The zero-order valence-corrected chi connectivity index (χ0v) is 7.78. The fourth-order valence-corrected chi connectivity index (χ4v) is 1.34. The minimum Gasteiger partial charge on any atom is -0.219 e. The molecule has 0 aliphatic heterocycles. The lowest BCUT2D eigenvalue weighted by atomic mass is 10.0. The lowest BCUT2D eigenvalue weighted by molar-refractivity contribution is 0.302. The summed E-state index contributed by atoms with van der Waals surface area (Å²) < 4.78 is 0. The first-order chi connectivity index (χ1) is 5.83. The maximum absolute atomic E-state index is 5.33. The lowest BCUT2D eigenvalue weighted by Crippen LogP contribution is -2.61. The number of nitrogens with one attached hydrogen (secondary N) is 4. The van der Waals surface area contributed by atoms with Crippen LogP contribution in [0.5, 0.6) is 0 Å². The molecule has 0 aromatic rings. The van der Waals surface area contributed by atoms with E-state index in [0.29, 0.717) is 0 Å². The molecule has 4 nitrogen and oxygen atoms in total. The molecule has 68 valence electrons. The highest BCUT2D eigenvalue weighted by molar-refractivity contribution is 6.13. The minimum atomic E-state index is -0.474. The molecule has 0 heterocycles. The van der Waals surface area contributed by atoms with E-state index in [4.69, 9.17) is 23.6 Å². The molecular formula is C6H10Cl2N4. The van der Waals surface area contributed by atoms with Crippen molar-refractivity contribution in [3.63, 3.8) is 0 Å². The second kappa shape index (κ2) is 4.81. The Balaban J connectivity index is 2.59. The monoisotopic (exact) mass is 208 g/mol. The molecular weight excluding hydrogens is 199 g/mol. The van der Waals surface area contributed by atoms with Crippen molar-refractivity contribution in [3.05, 3.63) is 24.3 Å². The van der Waals surface area contributed by atoms with Gasteiger partial charge in [-0.05, 0) is 29.6 Å². The van der Waals surface area contributed by atoms with E-state index in [-0.39, 0.29) is 0 Å². The van der Waals surface area contributed by atoms with Crippen LogP contribution in [0.25, 0.3) is 0 Å². The van der Waals surface area contributed by atoms with E-state index < -0.39 is 5.66 Å². The molecule has 0 aromatic heterocycles.